The molecule has 3 aromatic rings. The average molecular weight is 345 g/mol. The molecule has 0 bridgehead atoms. The van der Waals surface area contributed by atoms with Crippen molar-refractivity contribution in [2.45, 2.75) is 51.1 Å². The summed E-state index contributed by atoms with van der Waals surface area (Å²) in [4.78, 5) is 24.5. The predicted octanol–water partition coefficient (Wildman–Crippen LogP) is 2.58. The second kappa shape index (κ2) is 5.84. The first-order chi connectivity index (χ1) is 12.0. The average Bonchev–Trinajstić information content (AvgIpc) is 2.98. The number of aromatic amines is 1. The molecule has 2 heterocycles. The molecule has 0 aliphatic heterocycles. The van der Waals surface area contributed by atoms with Gasteiger partial charge in [0.05, 0.1) is 5.52 Å². The summed E-state index contributed by atoms with van der Waals surface area (Å²) in [5, 5.41) is 2.34. The Labute approximate surface area is 142 Å². The Bertz CT molecular complexity index is 1070. The number of pyridine rings is 1. The lowest BCUT2D eigenvalue weighted by molar-refractivity contribution is 0.387. The number of nitrogens with two attached hydrogens (primary N) is 1. The fourth-order valence-electron chi connectivity index (χ4n) is 3.97. The molecule has 132 valence electrons. The van der Waals surface area contributed by atoms with E-state index in [1.54, 1.807) is 10.6 Å². The number of hydrogen-bond donors (Lipinski definition) is 2. The van der Waals surface area contributed by atoms with Gasteiger partial charge in [0.25, 0.3) is 5.56 Å². The maximum Gasteiger partial charge on any atom is 0.293 e. The van der Waals surface area contributed by atoms with Gasteiger partial charge in [0.1, 0.15) is 5.82 Å². The molecule has 4 rings (SSSR count). The van der Waals surface area contributed by atoms with Crippen LogP contribution in [0.5, 0.6) is 0 Å². The molecule has 0 amide bonds. The van der Waals surface area contributed by atoms with Gasteiger partial charge in [0, 0.05) is 18.0 Å². The van der Waals surface area contributed by atoms with E-state index in [4.69, 9.17) is 10.3 Å². The van der Waals surface area contributed by atoms with Crippen molar-refractivity contribution in [3.05, 3.63) is 44.1 Å². The van der Waals surface area contributed by atoms with Gasteiger partial charge in [0.15, 0.2) is 5.39 Å². The first-order valence-electron chi connectivity index (χ1n) is 8.64. The molecule has 3 N–H and O–H groups in total. The summed E-state index contributed by atoms with van der Waals surface area (Å²) in [5.41, 5.74) is 6.26. The Kier molecular flexibility index (Phi) is 3.76. The molecule has 1 saturated carbocycles. The van der Waals surface area contributed by atoms with Crippen LogP contribution in [0.3, 0.4) is 0 Å². The number of halogens is 1. The molecule has 1 fully saturated rings. The molecule has 0 atom stereocenters. The van der Waals surface area contributed by atoms with Crippen molar-refractivity contribution in [3.63, 3.8) is 0 Å². The predicted molar refractivity (Wildman–Crippen MR) is 93.4 cm³/mol. The minimum atomic E-state index is -0.588. The van der Waals surface area contributed by atoms with Crippen molar-refractivity contribution < 1.29 is 8.91 Å². The van der Waals surface area contributed by atoms with Crippen molar-refractivity contribution in [2.75, 3.05) is 0 Å². The lowest BCUT2D eigenvalue weighted by Gasteiger charge is -2.27. The molecule has 1 aliphatic rings. The first-order valence-corrected chi connectivity index (χ1v) is 8.64. The number of nitrogens with one attached hydrogen (secondary N) is 1. The van der Waals surface area contributed by atoms with Crippen LogP contribution in [0.15, 0.2) is 26.2 Å². The third kappa shape index (κ3) is 2.41. The van der Waals surface area contributed by atoms with Gasteiger partial charge in [0.2, 0.25) is 11.1 Å². The number of fused-ring (bicyclic) bond motifs is 2. The highest BCUT2D eigenvalue weighted by molar-refractivity contribution is 5.91. The highest BCUT2D eigenvalue weighted by atomic mass is 19.1. The van der Waals surface area contributed by atoms with Crippen LogP contribution >= 0.6 is 0 Å². The minimum Gasteiger partial charge on any atom is -0.360 e. The quantitative estimate of drug-likeness (QED) is 0.746. The second-order valence-corrected chi connectivity index (χ2v) is 6.79. The van der Waals surface area contributed by atoms with Crippen molar-refractivity contribution >= 4 is 22.0 Å². The zero-order valence-corrected chi connectivity index (χ0v) is 14.0. The molecule has 25 heavy (non-hydrogen) atoms. The summed E-state index contributed by atoms with van der Waals surface area (Å²) in [6.07, 6.45) is 3.41. The molecular formula is C18H20FN3O3. The number of H-pyrrole nitrogens is 1. The van der Waals surface area contributed by atoms with Gasteiger partial charge in [-0.15, -0.1) is 0 Å². The monoisotopic (exact) mass is 345 g/mol. The fourth-order valence-corrected chi connectivity index (χ4v) is 3.97. The Hall–Kier alpha value is -2.41. The maximum absolute atomic E-state index is 14.8. The first kappa shape index (κ1) is 16.1. The molecule has 1 aromatic carbocycles. The Morgan fingerprint density at radius 1 is 1.28 bits per heavy atom. The highest BCUT2D eigenvalue weighted by Crippen LogP contribution is 2.35. The van der Waals surface area contributed by atoms with Crippen LogP contribution in [0.4, 0.5) is 4.39 Å². The summed E-state index contributed by atoms with van der Waals surface area (Å²) in [6, 6.07) is 3.19. The van der Waals surface area contributed by atoms with E-state index >= 15 is 0 Å². The lowest BCUT2D eigenvalue weighted by Crippen LogP contribution is -2.26. The fraction of sp³-hybridized carbons (Fsp3) is 0.444. The summed E-state index contributed by atoms with van der Waals surface area (Å²) in [5.74, 6) is -0.300. The largest absolute Gasteiger partial charge is 0.360 e. The van der Waals surface area contributed by atoms with Gasteiger partial charge in [-0.2, -0.15) is 5.16 Å². The number of nitrogens with zero attached hydrogens (tertiary/aromatic N) is 1. The van der Waals surface area contributed by atoms with Crippen LogP contribution < -0.4 is 16.7 Å². The summed E-state index contributed by atoms with van der Waals surface area (Å²) in [7, 11) is 0. The molecule has 0 radical (unpaired) electrons. The maximum atomic E-state index is 14.8. The van der Waals surface area contributed by atoms with Crippen LogP contribution in [-0.2, 0) is 6.54 Å². The Morgan fingerprint density at radius 3 is 2.68 bits per heavy atom. The molecule has 2 aromatic heterocycles. The second-order valence-electron chi connectivity index (χ2n) is 6.79. The highest BCUT2D eigenvalue weighted by Gasteiger charge is 2.25. The third-order valence-corrected chi connectivity index (χ3v) is 5.33. The Morgan fingerprint density at radius 2 is 2.00 bits per heavy atom. The molecule has 0 spiro atoms. The molecule has 0 unspecified atom stereocenters. The zero-order valence-electron chi connectivity index (χ0n) is 14.0. The third-order valence-electron chi connectivity index (χ3n) is 5.33. The van der Waals surface area contributed by atoms with E-state index in [1.807, 2.05) is 6.92 Å². The smallest absolute Gasteiger partial charge is 0.293 e. The van der Waals surface area contributed by atoms with E-state index in [2.05, 4.69) is 5.16 Å². The van der Waals surface area contributed by atoms with Crippen LogP contribution in [-0.4, -0.2) is 15.8 Å². The van der Waals surface area contributed by atoms with Gasteiger partial charge < -0.3 is 14.8 Å². The normalized spacial score (nSPS) is 21.2. The minimum absolute atomic E-state index is 0.0647. The van der Waals surface area contributed by atoms with Crippen molar-refractivity contribution in [2.24, 2.45) is 5.73 Å². The van der Waals surface area contributed by atoms with Gasteiger partial charge in [-0.25, -0.2) is 4.39 Å². The van der Waals surface area contributed by atoms with Crippen LogP contribution in [0.25, 0.3) is 22.0 Å². The van der Waals surface area contributed by atoms with Crippen LogP contribution in [0.1, 0.15) is 44.1 Å². The Balaban J connectivity index is 2.00. The lowest BCUT2D eigenvalue weighted by atomic mass is 9.81. The molecule has 7 heteroatoms. The van der Waals surface area contributed by atoms with E-state index in [0.29, 0.717) is 17.6 Å². The van der Waals surface area contributed by atoms with E-state index in [-0.39, 0.29) is 28.4 Å². The summed E-state index contributed by atoms with van der Waals surface area (Å²) < 4.78 is 21.7. The van der Waals surface area contributed by atoms with Gasteiger partial charge in [-0.05, 0) is 56.2 Å². The zero-order chi connectivity index (χ0) is 17.7. The number of aryl methyl sites for hydroxylation is 1. The topological polar surface area (TPSA) is 94.0 Å². The van der Waals surface area contributed by atoms with E-state index < -0.39 is 16.8 Å². The number of rotatable bonds is 2. The molecule has 1 aliphatic carbocycles. The standard InChI is InChI=1S/C18H20FN3O3/c1-2-22-14-8-11(9-3-5-10(20)6-4-9)13(19)7-12(14)16(23)15-17(24)21-25-18(15)22/h7-10H,2-6,20H2,1H3,(H,21,24). The number of benzene rings is 1. The van der Waals surface area contributed by atoms with Crippen molar-refractivity contribution in [1.82, 2.24) is 9.72 Å². The van der Waals surface area contributed by atoms with Crippen molar-refractivity contribution in [1.29, 1.82) is 0 Å². The van der Waals surface area contributed by atoms with Crippen LogP contribution in [0, 0.1) is 5.82 Å². The van der Waals surface area contributed by atoms with E-state index in [1.165, 1.54) is 6.07 Å². The summed E-state index contributed by atoms with van der Waals surface area (Å²) >= 11 is 0. The number of hydrogen-bond acceptors (Lipinski definition) is 4. The number of aromatic nitrogens is 2. The molecule has 0 saturated heterocycles. The van der Waals surface area contributed by atoms with E-state index in [9.17, 15) is 14.0 Å². The summed E-state index contributed by atoms with van der Waals surface area (Å²) in [6.45, 7) is 2.38. The molecular weight excluding hydrogens is 325 g/mol. The van der Waals surface area contributed by atoms with Crippen molar-refractivity contribution in [3.8, 4) is 0 Å². The molecule has 6 nitrogen and oxygen atoms in total. The van der Waals surface area contributed by atoms with Crippen LogP contribution in [0.2, 0.25) is 0 Å². The van der Waals surface area contributed by atoms with Gasteiger partial charge in [-0.3, -0.25) is 9.59 Å². The van der Waals surface area contributed by atoms with Gasteiger partial charge >= 0.3 is 0 Å². The SMILES string of the molecule is CCn1c2cc(C3CCC(N)CC3)c(F)cc2c(=O)c2c(=O)[nH]oc21. The van der Waals surface area contributed by atoms with E-state index in [0.717, 1.165) is 25.7 Å². The van der Waals surface area contributed by atoms with Gasteiger partial charge in [-0.1, -0.05) is 0 Å².